The molecule has 2 heterocycles. The van der Waals surface area contributed by atoms with Gasteiger partial charge in [-0.2, -0.15) is 0 Å². The molecular formula is C16H16ClFN2O. The summed E-state index contributed by atoms with van der Waals surface area (Å²) in [6.45, 7) is 3.04. The Labute approximate surface area is 128 Å². The molecule has 0 spiro atoms. The topological polar surface area (TPSA) is 26.5 Å². The van der Waals surface area contributed by atoms with E-state index in [4.69, 9.17) is 16.3 Å². The van der Waals surface area contributed by atoms with Crippen molar-refractivity contribution in [2.45, 2.75) is 25.9 Å². The fourth-order valence-electron chi connectivity index (χ4n) is 2.36. The SMILES string of the molecule is CCC1COC(c2cccn2Cc2c(F)cccc2Cl)=N1. The van der Waals surface area contributed by atoms with E-state index in [1.54, 1.807) is 12.1 Å². The molecule has 21 heavy (non-hydrogen) atoms. The molecule has 110 valence electrons. The molecule has 1 atom stereocenters. The van der Waals surface area contributed by atoms with Crippen LogP contribution in [0, 0.1) is 5.82 Å². The van der Waals surface area contributed by atoms with Crippen molar-refractivity contribution in [2.24, 2.45) is 4.99 Å². The van der Waals surface area contributed by atoms with Crippen LogP contribution in [0.3, 0.4) is 0 Å². The third-order valence-electron chi connectivity index (χ3n) is 3.62. The van der Waals surface area contributed by atoms with Gasteiger partial charge in [-0.25, -0.2) is 9.38 Å². The first-order chi connectivity index (χ1) is 10.2. The standard InChI is InChI=1S/C16H16ClFN2O/c1-2-11-10-21-16(19-11)15-7-4-8-20(15)9-12-13(17)5-3-6-14(12)18/h3-8,11H,2,9-10H2,1H3. The molecule has 0 saturated heterocycles. The average Bonchev–Trinajstić information content (AvgIpc) is 3.11. The largest absolute Gasteiger partial charge is 0.474 e. The Bertz CT molecular complexity index is 660. The van der Waals surface area contributed by atoms with Crippen LogP contribution in [0.1, 0.15) is 24.6 Å². The number of hydrogen-bond donors (Lipinski definition) is 0. The van der Waals surface area contributed by atoms with Gasteiger partial charge in [-0.05, 0) is 30.7 Å². The van der Waals surface area contributed by atoms with Crippen LogP contribution in [0.25, 0.3) is 0 Å². The molecule has 1 aromatic heterocycles. The van der Waals surface area contributed by atoms with E-state index < -0.39 is 0 Å². The van der Waals surface area contributed by atoms with Crippen LogP contribution in [0.2, 0.25) is 5.02 Å². The summed E-state index contributed by atoms with van der Waals surface area (Å²) in [5.74, 6) is 0.321. The minimum atomic E-state index is -0.303. The van der Waals surface area contributed by atoms with Crippen molar-refractivity contribution in [3.05, 3.63) is 58.6 Å². The number of aliphatic imine (C=N–C) groups is 1. The summed E-state index contributed by atoms with van der Waals surface area (Å²) in [6, 6.07) is 8.75. The molecule has 0 N–H and O–H groups in total. The van der Waals surface area contributed by atoms with Crippen molar-refractivity contribution in [1.29, 1.82) is 0 Å². The van der Waals surface area contributed by atoms with E-state index in [2.05, 4.69) is 11.9 Å². The van der Waals surface area contributed by atoms with Gasteiger partial charge in [0.1, 0.15) is 18.1 Å². The van der Waals surface area contributed by atoms with Gasteiger partial charge in [-0.15, -0.1) is 0 Å². The van der Waals surface area contributed by atoms with Gasteiger partial charge in [0.25, 0.3) is 0 Å². The van der Waals surface area contributed by atoms with E-state index in [9.17, 15) is 4.39 Å². The van der Waals surface area contributed by atoms with Crippen LogP contribution in [0.15, 0.2) is 41.5 Å². The number of rotatable bonds is 4. The summed E-state index contributed by atoms with van der Waals surface area (Å²) in [5, 5.41) is 0.426. The molecule has 2 aromatic rings. The first-order valence-corrected chi connectivity index (χ1v) is 7.36. The van der Waals surface area contributed by atoms with Crippen molar-refractivity contribution < 1.29 is 9.13 Å². The van der Waals surface area contributed by atoms with Crippen LogP contribution >= 0.6 is 11.6 Å². The van der Waals surface area contributed by atoms with Gasteiger partial charge in [-0.1, -0.05) is 24.6 Å². The minimum absolute atomic E-state index is 0.209. The number of benzene rings is 1. The van der Waals surface area contributed by atoms with Crippen molar-refractivity contribution in [3.8, 4) is 0 Å². The number of hydrogen-bond acceptors (Lipinski definition) is 2. The van der Waals surface area contributed by atoms with Gasteiger partial charge in [0.05, 0.1) is 12.6 Å². The number of halogens is 2. The molecule has 0 bridgehead atoms. The van der Waals surface area contributed by atoms with Gasteiger partial charge in [0.15, 0.2) is 0 Å². The molecule has 1 unspecified atom stereocenters. The molecule has 1 aliphatic rings. The Morgan fingerprint density at radius 1 is 1.38 bits per heavy atom. The summed E-state index contributed by atoms with van der Waals surface area (Å²) in [6.07, 6.45) is 2.83. The van der Waals surface area contributed by atoms with E-state index in [1.807, 2.05) is 22.9 Å². The zero-order valence-corrected chi connectivity index (χ0v) is 12.5. The van der Waals surface area contributed by atoms with Crippen molar-refractivity contribution in [1.82, 2.24) is 4.57 Å². The van der Waals surface area contributed by atoms with Crippen molar-refractivity contribution in [3.63, 3.8) is 0 Å². The molecule has 0 amide bonds. The number of aromatic nitrogens is 1. The summed E-state index contributed by atoms with van der Waals surface area (Å²) in [5.41, 5.74) is 1.33. The normalized spacial score (nSPS) is 17.7. The second-order valence-corrected chi connectivity index (χ2v) is 5.44. The third kappa shape index (κ3) is 2.81. The highest BCUT2D eigenvalue weighted by Gasteiger charge is 2.21. The monoisotopic (exact) mass is 306 g/mol. The molecule has 3 rings (SSSR count). The van der Waals surface area contributed by atoms with E-state index in [1.165, 1.54) is 6.07 Å². The van der Waals surface area contributed by atoms with Crippen molar-refractivity contribution >= 4 is 17.5 Å². The maximum atomic E-state index is 13.9. The number of ether oxygens (including phenoxy) is 1. The highest BCUT2D eigenvalue weighted by atomic mass is 35.5. The minimum Gasteiger partial charge on any atom is -0.474 e. The molecule has 3 nitrogen and oxygen atoms in total. The van der Waals surface area contributed by atoms with Gasteiger partial charge in [-0.3, -0.25) is 0 Å². The molecule has 5 heteroatoms. The Morgan fingerprint density at radius 2 is 2.24 bits per heavy atom. The maximum Gasteiger partial charge on any atom is 0.233 e. The second-order valence-electron chi connectivity index (χ2n) is 5.03. The first-order valence-electron chi connectivity index (χ1n) is 6.98. The summed E-state index contributed by atoms with van der Waals surface area (Å²) in [4.78, 5) is 4.54. The van der Waals surface area contributed by atoms with Gasteiger partial charge >= 0.3 is 0 Å². The third-order valence-corrected chi connectivity index (χ3v) is 3.98. The molecule has 0 fully saturated rings. The quantitative estimate of drug-likeness (QED) is 0.842. The predicted octanol–water partition coefficient (Wildman–Crippen LogP) is 3.88. The zero-order chi connectivity index (χ0) is 14.8. The fourth-order valence-corrected chi connectivity index (χ4v) is 2.59. The lowest BCUT2D eigenvalue weighted by molar-refractivity contribution is 0.313. The maximum absolute atomic E-state index is 13.9. The lowest BCUT2D eigenvalue weighted by Crippen LogP contribution is -2.11. The van der Waals surface area contributed by atoms with E-state index >= 15 is 0 Å². The Kier molecular flexibility index (Phi) is 3.97. The summed E-state index contributed by atoms with van der Waals surface area (Å²) in [7, 11) is 0. The van der Waals surface area contributed by atoms with Crippen LogP contribution in [0.5, 0.6) is 0 Å². The van der Waals surface area contributed by atoms with Gasteiger partial charge < -0.3 is 9.30 Å². The van der Waals surface area contributed by atoms with E-state index in [0.29, 0.717) is 29.6 Å². The molecule has 0 saturated carbocycles. The Hall–Kier alpha value is -1.81. The molecule has 0 radical (unpaired) electrons. The smallest absolute Gasteiger partial charge is 0.233 e. The lowest BCUT2D eigenvalue weighted by Gasteiger charge is -2.11. The number of nitrogens with zero attached hydrogens (tertiary/aromatic N) is 2. The highest BCUT2D eigenvalue weighted by molar-refractivity contribution is 6.31. The molecule has 1 aromatic carbocycles. The van der Waals surface area contributed by atoms with Crippen LogP contribution < -0.4 is 0 Å². The molecule has 1 aliphatic heterocycles. The Morgan fingerprint density at radius 3 is 2.95 bits per heavy atom. The lowest BCUT2D eigenvalue weighted by atomic mass is 10.2. The highest BCUT2D eigenvalue weighted by Crippen LogP contribution is 2.22. The molecular weight excluding hydrogens is 291 g/mol. The Balaban J connectivity index is 1.90. The first kappa shape index (κ1) is 14.1. The van der Waals surface area contributed by atoms with Crippen LogP contribution in [0.4, 0.5) is 4.39 Å². The van der Waals surface area contributed by atoms with Crippen LogP contribution in [-0.4, -0.2) is 23.1 Å². The fraction of sp³-hybridized carbons (Fsp3) is 0.312. The zero-order valence-electron chi connectivity index (χ0n) is 11.7. The van der Waals surface area contributed by atoms with E-state index in [0.717, 1.165) is 12.1 Å². The summed E-state index contributed by atoms with van der Waals surface area (Å²) >= 11 is 6.09. The van der Waals surface area contributed by atoms with Crippen LogP contribution in [-0.2, 0) is 11.3 Å². The molecule has 0 aliphatic carbocycles. The second kappa shape index (κ2) is 5.90. The van der Waals surface area contributed by atoms with E-state index in [-0.39, 0.29) is 11.9 Å². The van der Waals surface area contributed by atoms with Gasteiger partial charge in [0.2, 0.25) is 5.90 Å². The average molecular weight is 307 g/mol. The van der Waals surface area contributed by atoms with Crippen molar-refractivity contribution in [2.75, 3.05) is 6.61 Å². The van der Waals surface area contributed by atoms with Gasteiger partial charge in [0, 0.05) is 16.8 Å². The predicted molar refractivity (Wildman–Crippen MR) is 81.5 cm³/mol. The summed E-state index contributed by atoms with van der Waals surface area (Å²) < 4.78 is 21.5.